The van der Waals surface area contributed by atoms with Gasteiger partial charge in [0.05, 0.1) is 0 Å². The van der Waals surface area contributed by atoms with Crippen LogP contribution in [0.1, 0.15) is 89.0 Å². The van der Waals surface area contributed by atoms with Crippen LogP contribution in [0.5, 0.6) is 5.75 Å². The van der Waals surface area contributed by atoms with Gasteiger partial charge in [-0.15, -0.1) is 0 Å². The number of carbonyl (C=O) groups is 1. The molecule has 0 saturated heterocycles. The van der Waals surface area contributed by atoms with Gasteiger partial charge >= 0.3 is 5.97 Å². The molecule has 30 heavy (non-hydrogen) atoms. The van der Waals surface area contributed by atoms with Gasteiger partial charge in [-0.25, -0.2) is 4.79 Å². The predicted molar refractivity (Wildman–Crippen MR) is 121 cm³/mol. The lowest BCUT2D eigenvalue weighted by Gasteiger charge is -2.17. The fourth-order valence-corrected chi connectivity index (χ4v) is 3.42. The number of aromatic hydroxyl groups is 1. The van der Waals surface area contributed by atoms with E-state index in [1.165, 1.54) is 25.3 Å². The molecule has 5 heteroatoms. The Hall–Kier alpha value is -1.85. The fraction of sp³-hybridized carbons (Fsp3) is 0.640. The zero-order chi connectivity index (χ0) is 21.9. The zero-order valence-corrected chi connectivity index (χ0v) is 18.3. The Morgan fingerprint density at radius 2 is 1.23 bits per heavy atom. The number of hydrogen-bond donors (Lipinski definition) is 3. The first-order chi connectivity index (χ1) is 14.7. The van der Waals surface area contributed by atoms with Crippen LogP contribution in [0.25, 0.3) is 6.08 Å². The topological polar surface area (TPSA) is 87.0 Å². The molecule has 0 aliphatic carbocycles. The van der Waals surface area contributed by atoms with E-state index in [1.54, 1.807) is 30.3 Å². The van der Waals surface area contributed by atoms with Gasteiger partial charge in [-0.1, -0.05) is 57.1 Å². The molecule has 1 rings (SSSR count). The van der Waals surface area contributed by atoms with Crippen LogP contribution in [-0.2, 0) is 9.53 Å². The minimum Gasteiger partial charge on any atom is -0.508 e. The van der Waals surface area contributed by atoms with Crippen LogP contribution in [0, 0.1) is 0 Å². The number of phenols is 1. The van der Waals surface area contributed by atoms with Gasteiger partial charge in [-0.2, -0.15) is 0 Å². The highest BCUT2D eigenvalue weighted by atomic mass is 16.5. The molecule has 0 aliphatic rings. The van der Waals surface area contributed by atoms with E-state index in [0.29, 0.717) is 0 Å². The summed E-state index contributed by atoms with van der Waals surface area (Å²) in [5.41, 5.74) is 0.839. The third kappa shape index (κ3) is 14.2. The van der Waals surface area contributed by atoms with Gasteiger partial charge in [-0.05, 0) is 62.3 Å². The summed E-state index contributed by atoms with van der Waals surface area (Å²) in [7, 11) is 0. The highest BCUT2D eigenvalue weighted by Gasteiger charge is 2.12. The maximum atomic E-state index is 12.3. The number of hydrogen-bond acceptors (Lipinski definition) is 5. The zero-order valence-electron chi connectivity index (χ0n) is 18.3. The van der Waals surface area contributed by atoms with Crippen LogP contribution in [0.15, 0.2) is 30.3 Å². The van der Waals surface area contributed by atoms with E-state index >= 15 is 0 Å². The van der Waals surface area contributed by atoms with Crippen molar-refractivity contribution in [2.24, 2.45) is 0 Å². The molecule has 1 atom stereocenters. The first-order valence-corrected chi connectivity index (χ1v) is 11.5. The molecule has 0 unspecified atom stereocenters. The Balaban J connectivity index is 2.37. The van der Waals surface area contributed by atoms with Gasteiger partial charge in [0.2, 0.25) is 0 Å². The van der Waals surface area contributed by atoms with Crippen LogP contribution in [0.2, 0.25) is 0 Å². The minimum atomic E-state index is -0.326. The first-order valence-electron chi connectivity index (χ1n) is 11.5. The molecule has 170 valence electrons. The second kappa shape index (κ2) is 18.0. The molecule has 3 N–H and O–H groups in total. The Morgan fingerprint density at radius 1 is 0.767 bits per heavy atom. The van der Waals surface area contributed by atoms with Crippen molar-refractivity contribution in [2.75, 3.05) is 13.2 Å². The summed E-state index contributed by atoms with van der Waals surface area (Å²) < 4.78 is 5.71. The second-order valence-electron chi connectivity index (χ2n) is 7.90. The molecule has 1 aromatic carbocycles. The number of aliphatic hydroxyl groups excluding tert-OH is 2. The van der Waals surface area contributed by atoms with Crippen LogP contribution >= 0.6 is 0 Å². The number of aliphatic hydroxyl groups is 2. The van der Waals surface area contributed by atoms with E-state index in [-0.39, 0.29) is 31.0 Å². The number of rotatable bonds is 18. The summed E-state index contributed by atoms with van der Waals surface area (Å²) >= 11 is 0. The predicted octanol–water partition coefficient (Wildman–Crippen LogP) is 5.37. The molecule has 0 aliphatic heterocycles. The van der Waals surface area contributed by atoms with E-state index < -0.39 is 0 Å². The van der Waals surface area contributed by atoms with E-state index in [2.05, 4.69) is 0 Å². The number of phenolic OH excluding ortho intramolecular Hbond substituents is 1. The standard InChI is InChI=1S/C25H40O5/c26-20-10-6-3-1-2-4-8-12-24(13-9-5-7-11-21-27)30-25(29)19-16-22-14-17-23(28)18-15-22/h14-19,24,26-28H,1-13,20-21H2/b19-16-/t24-/m0/s1. The van der Waals surface area contributed by atoms with Gasteiger partial charge < -0.3 is 20.1 Å². The Bertz CT molecular complexity index is 567. The van der Waals surface area contributed by atoms with Crippen LogP contribution in [0.3, 0.4) is 0 Å². The number of ether oxygens (including phenoxy) is 1. The Morgan fingerprint density at radius 3 is 1.73 bits per heavy atom. The largest absolute Gasteiger partial charge is 0.508 e. The van der Waals surface area contributed by atoms with E-state index in [9.17, 15) is 9.90 Å². The van der Waals surface area contributed by atoms with Gasteiger partial charge in [0.25, 0.3) is 0 Å². The molecular weight excluding hydrogens is 380 g/mol. The molecular formula is C25H40O5. The lowest BCUT2D eigenvalue weighted by Crippen LogP contribution is -2.17. The average molecular weight is 421 g/mol. The van der Waals surface area contributed by atoms with Crippen LogP contribution < -0.4 is 0 Å². The van der Waals surface area contributed by atoms with Crippen molar-refractivity contribution < 1.29 is 24.9 Å². The lowest BCUT2D eigenvalue weighted by atomic mass is 10.0. The van der Waals surface area contributed by atoms with E-state index in [0.717, 1.165) is 69.8 Å². The smallest absolute Gasteiger partial charge is 0.331 e. The van der Waals surface area contributed by atoms with Gasteiger partial charge in [0, 0.05) is 19.3 Å². The molecule has 0 spiro atoms. The average Bonchev–Trinajstić information content (AvgIpc) is 2.74. The summed E-state index contributed by atoms with van der Waals surface area (Å²) in [6.45, 7) is 0.519. The fourth-order valence-electron chi connectivity index (χ4n) is 3.42. The Kier molecular flexibility index (Phi) is 15.7. The normalized spacial score (nSPS) is 12.3. The third-order valence-electron chi connectivity index (χ3n) is 5.21. The molecule has 0 radical (unpaired) electrons. The van der Waals surface area contributed by atoms with Crippen molar-refractivity contribution in [3.8, 4) is 5.75 Å². The molecule has 0 aromatic heterocycles. The maximum absolute atomic E-state index is 12.3. The quantitative estimate of drug-likeness (QED) is 0.169. The summed E-state index contributed by atoms with van der Waals surface area (Å²) in [6.07, 6.45) is 16.4. The summed E-state index contributed by atoms with van der Waals surface area (Å²) in [4.78, 5) is 12.3. The van der Waals surface area contributed by atoms with Crippen molar-refractivity contribution in [3.63, 3.8) is 0 Å². The first kappa shape index (κ1) is 26.2. The SMILES string of the molecule is O=C(/C=C\c1ccc(O)cc1)O[C@H](CCCCCCO)CCCCCCCCCO. The molecule has 0 amide bonds. The second-order valence-corrected chi connectivity index (χ2v) is 7.90. The van der Waals surface area contributed by atoms with E-state index in [4.69, 9.17) is 14.9 Å². The van der Waals surface area contributed by atoms with Crippen LogP contribution in [-0.4, -0.2) is 40.6 Å². The van der Waals surface area contributed by atoms with Gasteiger partial charge in [-0.3, -0.25) is 0 Å². The number of carbonyl (C=O) groups excluding carboxylic acids is 1. The molecule has 0 heterocycles. The van der Waals surface area contributed by atoms with Crippen molar-refractivity contribution in [1.29, 1.82) is 0 Å². The molecule has 5 nitrogen and oxygen atoms in total. The molecule has 0 fully saturated rings. The number of benzene rings is 1. The maximum Gasteiger partial charge on any atom is 0.331 e. The summed E-state index contributed by atoms with van der Waals surface area (Å²) in [6, 6.07) is 6.67. The number of unbranched alkanes of at least 4 members (excludes halogenated alkanes) is 9. The van der Waals surface area contributed by atoms with Crippen molar-refractivity contribution in [1.82, 2.24) is 0 Å². The Labute approximate surface area is 181 Å². The van der Waals surface area contributed by atoms with Crippen LogP contribution in [0.4, 0.5) is 0 Å². The van der Waals surface area contributed by atoms with Crippen molar-refractivity contribution in [2.45, 2.75) is 89.6 Å². The number of esters is 1. The monoisotopic (exact) mass is 420 g/mol. The van der Waals surface area contributed by atoms with E-state index in [1.807, 2.05) is 0 Å². The highest BCUT2D eigenvalue weighted by molar-refractivity contribution is 5.87. The summed E-state index contributed by atoms with van der Waals surface area (Å²) in [5.74, 6) is -0.128. The molecule has 0 bridgehead atoms. The van der Waals surface area contributed by atoms with Crippen molar-refractivity contribution >= 4 is 12.0 Å². The lowest BCUT2D eigenvalue weighted by molar-refractivity contribution is -0.143. The molecule has 1 aromatic rings. The third-order valence-corrected chi connectivity index (χ3v) is 5.21. The van der Waals surface area contributed by atoms with Gasteiger partial charge in [0.1, 0.15) is 11.9 Å². The highest BCUT2D eigenvalue weighted by Crippen LogP contribution is 2.17. The summed E-state index contributed by atoms with van der Waals surface area (Å²) in [5, 5.41) is 27.0. The minimum absolute atomic E-state index is 0.0644. The molecule has 0 saturated carbocycles. The van der Waals surface area contributed by atoms with Gasteiger partial charge in [0.15, 0.2) is 0 Å². The van der Waals surface area contributed by atoms with Crippen molar-refractivity contribution in [3.05, 3.63) is 35.9 Å².